The van der Waals surface area contributed by atoms with Crippen LogP contribution < -0.4 is 10.5 Å². The van der Waals surface area contributed by atoms with E-state index in [-0.39, 0.29) is 40.1 Å². The van der Waals surface area contributed by atoms with Gasteiger partial charge in [-0.2, -0.15) is 13.5 Å². The molecule has 0 bridgehead atoms. The molecule has 1 radical (unpaired) electrons. The van der Waals surface area contributed by atoms with Crippen molar-refractivity contribution in [2.24, 2.45) is 10.2 Å². The molecule has 0 spiro atoms. The fourth-order valence-electron chi connectivity index (χ4n) is 2.33. The van der Waals surface area contributed by atoms with Crippen LogP contribution in [-0.4, -0.2) is 49.6 Å². The molecule has 0 unspecified atom stereocenters. The summed E-state index contributed by atoms with van der Waals surface area (Å²) in [7, 11) is -2.92. The van der Waals surface area contributed by atoms with Crippen molar-refractivity contribution in [1.82, 2.24) is 0 Å². The summed E-state index contributed by atoms with van der Waals surface area (Å²) in [6.07, 6.45) is 0. The molecule has 25 heavy (non-hydrogen) atoms. The molecule has 129 valence electrons. The number of aryl methyl sites for hydroxylation is 3. The number of methoxy groups -OCH3 is 1. The zero-order chi connectivity index (χ0) is 18.1. The van der Waals surface area contributed by atoms with Gasteiger partial charge in [0.2, 0.25) is 0 Å². The van der Waals surface area contributed by atoms with Crippen molar-refractivity contribution in [3.05, 3.63) is 41.0 Å². The van der Waals surface area contributed by atoms with Crippen molar-refractivity contribution in [3.8, 4) is 5.75 Å². The SMILES string of the molecule is COc1cc(N=Nc2c(C)cc(C)cc2S(=O)(=O)O)c(C)cc1N.[Na]. The van der Waals surface area contributed by atoms with Crippen molar-refractivity contribution >= 4 is 56.7 Å². The predicted octanol–water partition coefficient (Wildman–Crippen LogP) is 3.48. The smallest absolute Gasteiger partial charge is 0.296 e. The van der Waals surface area contributed by atoms with Crippen molar-refractivity contribution in [3.63, 3.8) is 0 Å². The van der Waals surface area contributed by atoms with E-state index in [1.807, 2.05) is 0 Å². The van der Waals surface area contributed by atoms with Gasteiger partial charge in [0.25, 0.3) is 10.1 Å². The van der Waals surface area contributed by atoms with Crippen LogP contribution in [0.2, 0.25) is 0 Å². The minimum absolute atomic E-state index is 0. The Morgan fingerprint density at radius 2 is 1.68 bits per heavy atom. The third kappa shape index (κ3) is 5.02. The molecule has 0 aromatic heterocycles. The van der Waals surface area contributed by atoms with E-state index in [1.165, 1.54) is 13.2 Å². The van der Waals surface area contributed by atoms with E-state index in [0.29, 0.717) is 28.3 Å². The van der Waals surface area contributed by atoms with Crippen LogP contribution in [-0.2, 0) is 10.1 Å². The summed E-state index contributed by atoms with van der Waals surface area (Å²) in [5.74, 6) is 0.449. The van der Waals surface area contributed by atoms with Gasteiger partial charge in [-0.3, -0.25) is 4.55 Å². The Labute approximate surface area is 169 Å². The quantitative estimate of drug-likeness (QED) is 0.369. The Morgan fingerprint density at radius 1 is 1.04 bits per heavy atom. The summed E-state index contributed by atoms with van der Waals surface area (Å²) in [6.45, 7) is 5.24. The monoisotopic (exact) mass is 372 g/mol. The number of nitrogen functional groups attached to an aromatic ring is 1. The van der Waals surface area contributed by atoms with Crippen molar-refractivity contribution in [2.75, 3.05) is 12.8 Å². The molecular formula is C16H19N3NaO4S. The maximum Gasteiger partial charge on any atom is 0.296 e. The first-order valence-corrected chi connectivity index (χ1v) is 8.52. The maximum absolute atomic E-state index is 11.6. The largest absolute Gasteiger partial charge is 0.495 e. The van der Waals surface area contributed by atoms with Gasteiger partial charge < -0.3 is 10.5 Å². The molecule has 0 saturated heterocycles. The van der Waals surface area contributed by atoms with E-state index in [0.717, 1.165) is 5.56 Å². The number of azo groups is 1. The fourth-order valence-corrected chi connectivity index (χ4v) is 3.11. The summed E-state index contributed by atoms with van der Waals surface area (Å²) in [4.78, 5) is -0.274. The first-order chi connectivity index (χ1) is 11.1. The number of anilines is 1. The molecular weight excluding hydrogens is 353 g/mol. The predicted molar refractivity (Wildman–Crippen MR) is 97.8 cm³/mol. The molecule has 0 aliphatic rings. The number of ether oxygens (including phenoxy) is 1. The molecule has 0 atom stereocenters. The average molecular weight is 372 g/mol. The van der Waals surface area contributed by atoms with Gasteiger partial charge in [-0.1, -0.05) is 6.07 Å². The van der Waals surface area contributed by atoms with Crippen LogP contribution in [0.4, 0.5) is 17.1 Å². The molecule has 0 heterocycles. The molecule has 0 amide bonds. The number of hydrogen-bond donors (Lipinski definition) is 2. The molecule has 2 aromatic rings. The number of hydrogen-bond acceptors (Lipinski definition) is 6. The third-order valence-electron chi connectivity index (χ3n) is 3.49. The van der Waals surface area contributed by atoms with E-state index < -0.39 is 10.1 Å². The zero-order valence-electron chi connectivity index (χ0n) is 14.9. The molecule has 0 saturated carbocycles. The topological polar surface area (TPSA) is 114 Å². The second kappa shape index (κ2) is 8.29. The second-order valence-electron chi connectivity index (χ2n) is 5.48. The van der Waals surface area contributed by atoms with E-state index in [1.54, 1.807) is 39.0 Å². The van der Waals surface area contributed by atoms with Crippen LogP contribution in [0.15, 0.2) is 39.4 Å². The van der Waals surface area contributed by atoms with Crippen LogP contribution in [0, 0.1) is 20.8 Å². The van der Waals surface area contributed by atoms with Crippen LogP contribution in [0.25, 0.3) is 0 Å². The Kier molecular flexibility index (Phi) is 7.16. The van der Waals surface area contributed by atoms with Crippen molar-refractivity contribution in [2.45, 2.75) is 25.7 Å². The van der Waals surface area contributed by atoms with Crippen LogP contribution in [0.3, 0.4) is 0 Å². The van der Waals surface area contributed by atoms with Gasteiger partial charge >= 0.3 is 0 Å². The van der Waals surface area contributed by atoms with Crippen molar-refractivity contribution in [1.29, 1.82) is 0 Å². The standard InChI is InChI=1S/C16H19N3O4S.Na/c1-9-5-11(3)16(15(6-9)24(20,21)22)19-18-13-8-14(23-4)12(17)7-10(13)2;/h5-8H,17H2,1-4H3,(H,20,21,22);. The van der Waals surface area contributed by atoms with Gasteiger partial charge in [0.15, 0.2) is 0 Å². The zero-order valence-corrected chi connectivity index (χ0v) is 17.7. The Balaban J connectivity index is 0.00000312. The van der Waals surface area contributed by atoms with Crippen LogP contribution in [0.1, 0.15) is 16.7 Å². The van der Waals surface area contributed by atoms with E-state index in [9.17, 15) is 13.0 Å². The van der Waals surface area contributed by atoms with Gasteiger partial charge in [-0.25, -0.2) is 0 Å². The normalized spacial score (nSPS) is 11.4. The Hall–Kier alpha value is -1.45. The van der Waals surface area contributed by atoms with Crippen molar-refractivity contribution < 1.29 is 17.7 Å². The summed E-state index contributed by atoms with van der Waals surface area (Å²) < 4.78 is 37.8. The second-order valence-corrected chi connectivity index (χ2v) is 6.87. The summed E-state index contributed by atoms with van der Waals surface area (Å²) >= 11 is 0. The Morgan fingerprint density at radius 3 is 2.24 bits per heavy atom. The maximum atomic E-state index is 11.6. The number of nitrogens with two attached hydrogens (primary N) is 1. The van der Waals surface area contributed by atoms with Crippen LogP contribution >= 0.6 is 0 Å². The first kappa shape index (κ1) is 21.6. The third-order valence-corrected chi connectivity index (χ3v) is 4.36. The van der Waals surface area contributed by atoms with Gasteiger partial charge in [0, 0.05) is 35.6 Å². The average Bonchev–Trinajstić information content (AvgIpc) is 2.46. The number of nitrogens with zero attached hydrogens (tertiary/aromatic N) is 2. The number of benzene rings is 2. The van der Waals surface area contributed by atoms with E-state index in [2.05, 4.69) is 10.2 Å². The number of rotatable bonds is 4. The summed E-state index contributed by atoms with van der Waals surface area (Å²) in [5, 5.41) is 8.14. The molecule has 0 fully saturated rings. The van der Waals surface area contributed by atoms with Gasteiger partial charge in [-0.05, 0) is 49.6 Å². The first-order valence-electron chi connectivity index (χ1n) is 7.08. The van der Waals surface area contributed by atoms with Gasteiger partial charge in [0.05, 0.1) is 18.5 Å². The fraction of sp³-hybridized carbons (Fsp3) is 0.250. The molecule has 7 nitrogen and oxygen atoms in total. The summed E-state index contributed by atoms with van der Waals surface area (Å²) in [5.41, 5.74) is 8.92. The van der Waals surface area contributed by atoms with E-state index in [4.69, 9.17) is 10.5 Å². The molecule has 2 aromatic carbocycles. The molecule has 2 rings (SSSR count). The van der Waals surface area contributed by atoms with Crippen LogP contribution in [0.5, 0.6) is 5.75 Å². The van der Waals surface area contributed by atoms with E-state index >= 15 is 0 Å². The molecule has 0 aliphatic heterocycles. The molecule has 0 aliphatic carbocycles. The summed E-state index contributed by atoms with van der Waals surface area (Å²) in [6, 6.07) is 6.43. The minimum Gasteiger partial charge on any atom is -0.495 e. The molecule has 9 heteroatoms. The molecule has 3 N–H and O–H groups in total. The van der Waals surface area contributed by atoms with Gasteiger partial charge in [0.1, 0.15) is 16.3 Å². The minimum atomic E-state index is -4.41. The van der Waals surface area contributed by atoms with Gasteiger partial charge in [-0.15, -0.1) is 5.11 Å². The Bertz CT molecular complexity index is 927.